The fraction of sp³-hybridized carbons (Fsp3) is 1.00. The van der Waals surface area contributed by atoms with Crippen molar-refractivity contribution in [3.05, 3.63) is 0 Å². The zero-order valence-electron chi connectivity index (χ0n) is 14.4. The molecule has 10 unspecified atom stereocenters. The van der Waals surface area contributed by atoms with E-state index < -0.39 is 77.4 Å². The van der Waals surface area contributed by atoms with Crippen molar-refractivity contribution < 1.29 is 61.8 Å². The van der Waals surface area contributed by atoms with E-state index in [4.69, 9.17) is 27.6 Å². The number of rotatable bonds is 0. The van der Waals surface area contributed by atoms with Crippen LogP contribution in [0.4, 0.5) is 0 Å². The number of phosphoric acid groups is 2. The Kier molecular flexibility index (Phi) is 5.93. The number of phosphoric ester groups is 2. The van der Waals surface area contributed by atoms with Crippen LogP contribution in [0.5, 0.6) is 0 Å². The first-order valence-electron chi connectivity index (χ1n) is 8.08. The first-order valence-corrected chi connectivity index (χ1v) is 11.1. The average Bonchev–Trinajstić information content (AvgIpc) is 2.92. The van der Waals surface area contributed by atoms with Crippen LogP contribution in [0.2, 0.25) is 0 Å². The predicted molar refractivity (Wildman–Crippen MR) is 83.1 cm³/mol. The molecule has 3 saturated heterocycles. The number of hydrogen-bond acceptors (Lipinski definition) is 11. The SMILES string of the molecule is CC1OC2COP(=O)(O)OC3(O)C(C)OC(COP(=O)(O)OC1C2O)C3O. The number of aliphatic hydroxyl groups is 3. The van der Waals surface area contributed by atoms with Gasteiger partial charge in [-0.05, 0) is 13.8 Å². The molecule has 3 rings (SSSR count). The highest BCUT2D eigenvalue weighted by atomic mass is 31.2. The molecular formula is C12H22O13P2. The summed E-state index contributed by atoms with van der Waals surface area (Å²) in [6, 6.07) is 0. The maximum absolute atomic E-state index is 12.2. The van der Waals surface area contributed by atoms with Gasteiger partial charge in [0, 0.05) is 0 Å². The Balaban J connectivity index is 1.89. The Bertz CT molecular complexity index is 659. The van der Waals surface area contributed by atoms with E-state index in [1.54, 1.807) is 0 Å². The van der Waals surface area contributed by atoms with Crippen LogP contribution < -0.4 is 0 Å². The summed E-state index contributed by atoms with van der Waals surface area (Å²) in [5, 5.41) is 30.9. The van der Waals surface area contributed by atoms with Crippen LogP contribution >= 0.6 is 15.6 Å². The van der Waals surface area contributed by atoms with E-state index in [1.807, 2.05) is 0 Å². The zero-order valence-corrected chi connectivity index (χ0v) is 16.1. The predicted octanol–water partition coefficient (Wildman–Crippen LogP) is -1.38. The lowest BCUT2D eigenvalue weighted by Crippen LogP contribution is -2.49. The molecule has 15 heteroatoms. The minimum Gasteiger partial charge on any atom is -0.387 e. The first-order chi connectivity index (χ1) is 12.3. The van der Waals surface area contributed by atoms with Gasteiger partial charge in [0.2, 0.25) is 5.79 Å². The third-order valence-corrected chi connectivity index (χ3v) is 6.61. The lowest BCUT2D eigenvalue weighted by molar-refractivity contribution is -0.217. The van der Waals surface area contributed by atoms with Crippen LogP contribution in [0.3, 0.4) is 0 Å². The van der Waals surface area contributed by atoms with E-state index >= 15 is 0 Å². The first kappa shape index (κ1) is 21.7. The van der Waals surface area contributed by atoms with Gasteiger partial charge >= 0.3 is 15.6 Å². The maximum Gasteiger partial charge on any atom is 0.475 e. The third-order valence-electron chi connectivity index (χ3n) is 4.63. The molecule has 0 saturated carbocycles. The molecule has 3 heterocycles. The van der Waals surface area contributed by atoms with Crippen LogP contribution in [0.25, 0.3) is 0 Å². The van der Waals surface area contributed by atoms with Crippen molar-refractivity contribution in [2.45, 2.75) is 62.4 Å². The minimum atomic E-state index is -4.92. The third kappa shape index (κ3) is 4.31. The van der Waals surface area contributed by atoms with E-state index in [0.29, 0.717) is 0 Å². The maximum atomic E-state index is 12.2. The molecule has 10 atom stereocenters. The Hall–Kier alpha value is 0.0200. The van der Waals surface area contributed by atoms with Crippen LogP contribution in [-0.4, -0.2) is 86.8 Å². The van der Waals surface area contributed by atoms with Crippen molar-refractivity contribution in [2.75, 3.05) is 13.2 Å². The monoisotopic (exact) mass is 436 g/mol. The molecule has 13 nitrogen and oxygen atoms in total. The van der Waals surface area contributed by atoms with Crippen LogP contribution in [0.15, 0.2) is 0 Å². The van der Waals surface area contributed by atoms with Crippen molar-refractivity contribution in [2.24, 2.45) is 0 Å². The van der Waals surface area contributed by atoms with Gasteiger partial charge in [-0.25, -0.2) is 13.7 Å². The van der Waals surface area contributed by atoms with Crippen LogP contribution in [-0.2, 0) is 36.7 Å². The molecule has 0 aliphatic carbocycles. The van der Waals surface area contributed by atoms with Crippen molar-refractivity contribution in [3.8, 4) is 0 Å². The van der Waals surface area contributed by atoms with E-state index in [9.17, 15) is 34.2 Å². The quantitative estimate of drug-likeness (QED) is 0.280. The lowest BCUT2D eigenvalue weighted by Gasteiger charge is -2.31. The Morgan fingerprint density at radius 1 is 0.963 bits per heavy atom. The summed E-state index contributed by atoms with van der Waals surface area (Å²) in [4.78, 5) is 19.7. The van der Waals surface area contributed by atoms with Gasteiger partial charge in [0.15, 0.2) is 0 Å². The Morgan fingerprint density at radius 2 is 1.56 bits per heavy atom. The molecule has 0 aromatic carbocycles. The summed E-state index contributed by atoms with van der Waals surface area (Å²) in [5.41, 5.74) is 0. The standard InChI is InChI=1S/C12H22O13P2/c1-5-10-9(13)7(22-5)3-21-27(18,19)25-12(15)6(2)23-8(11(12)14)4-20-26(16,17)24-10/h5-11,13-15H,3-4H2,1-2H3,(H,16,17)(H,18,19). The molecular weight excluding hydrogens is 414 g/mol. The molecule has 3 fully saturated rings. The van der Waals surface area contributed by atoms with Crippen molar-refractivity contribution in [1.29, 1.82) is 0 Å². The van der Waals surface area contributed by atoms with Gasteiger partial charge in [-0.2, -0.15) is 0 Å². The normalized spacial score (nSPS) is 57.4. The highest BCUT2D eigenvalue weighted by Crippen LogP contribution is 2.53. The van der Waals surface area contributed by atoms with E-state index in [0.717, 1.165) is 0 Å². The fourth-order valence-corrected chi connectivity index (χ4v) is 5.15. The molecule has 5 N–H and O–H groups in total. The second-order valence-corrected chi connectivity index (χ2v) is 9.36. The molecule has 0 aromatic heterocycles. The number of aliphatic hydroxyl groups excluding tert-OH is 2. The molecule has 0 radical (unpaired) electrons. The molecule has 0 spiro atoms. The van der Waals surface area contributed by atoms with Crippen molar-refractivity contribution >= 4 is 15.6 Å². The second-order valence-electron chi connectivity index (χ2n) is 6.57. The number of fused-ring (bicyclic) bond motifs is 4. The second kappa shape index (κ2) is 7.37. The van der Waals surface area contributed by atoms with Gasteiger partial charge in [0.25, 0.3) is 0 Å². The smallest absolute Gasteiger partial charge is 0.387 e. The summed E-state index contributed by atoms with van der Waals surface area (Å²) in [5.74, 6) is -2.66. The highest BCUT2D eigenvalue weighted by Gasteiger charge is 2.59. The fourth-order valence-electron chi connectivity index (χ4n) is 3.14. The zero-order chi connectivity index (χ0) is 20.2. The lowest BCUT2D eigenvalue weighted by atomic mass is 10.1. The van der Waals surface area contributed by atoms with Gasteiger partial charge in [-0.3, -0.25) is 13.6 Å². The summed E-state index contributed by atoms with van der Waals surface area (Å²) >= 11 is 0. The van der Waals surface area contributed by atoms with Gasteiger partial charge < -0.3 is 34.6 Å². The number of hydrogen-bond donors (Lipinski definition) is 5. The van der Waals surface area contributed by atoms with Crippen LogP contribution in [0, 0.1) is 0 Å². The summed E-state index contributed by atoms with van der Waals surface area (Å²) in [7, 11) is -9.63. The Labute approximate surface area is 153 Å². The minimum absolute atomic E-state index is 0.666. The summed E-state index contributed by atoms with van der Waals surface area (Å²) in [6.07, 6.45) is -9.43. The highest BCUT2D eigenvalue weighted by molar-refractivity contribution is 7.47. The summed E-state index contributed by atoms with van der Waals surface area (Å²) < 4.78 is 54.0. The van der Waals surface area contributed by atoms with E-state index in [-0.39, 0.29) is 0 Å². The van der Waals surface area contributed by atoms with E-state index in [2.05, 4.69) is 0 Å². The largest absolute Gasteiger partial charge is 0.475 e. The number of ether oxygens (including phenoxy) is 2. The van der Waals surface area contributed by atoms with E-state index in [1.165, 1.54) is 13.8 Å². The molecule has 0 aromatic rings. The topological polar surface area (TPSA) is 191 Å². The molecule has 4 bridgehead atoms. The molecule has 3 aliphatic heterocycles. The average molecular weight is 436 g/mol. The van der Waals surface area contributed by atoms with Crippen molar-refractivity contribution in [3.63, 3.8) is 0 Å². The van der Waals surface area contributed by atoms with Crippen molar-refractivity contribution in [1.82, 2.24) is 0 Å². The summed E-state index contributed by atoms with van der Waals surface area (Å²) in [6.45, 7) is 1.30. The molecule has 158 valence electrons. The van der Waals surface area contributed by atoms with Gasteiger partial charge in [-0.15, -0.1) is 0 Å². The Morgan fingerprint density at radius 3 is 2.22 bits per heavy atom. The van der Waals surface area contributed by atoms with Gasteiger partial charge in [0.1, 0.15) is 36.6 Å². The van der Waals surface area contributed by atoms with Gasteiger partial charge in [0.05, 0.1) is 19.3 Å². The van der Waals surface area contributed by atoms with Gasteiger partial charge in [-0.1, -0.05) is 0 Å². The molecule has 3 aliphatic rings. The molecule has 27 heavy (non-hydrogen) atoms. The molecule has 0 amide bonds. The van der Waals surface area contributed by atoms with Crippen LogP contribution in [0.1, 0.15) is 13.8 Å².